The summed E-state index contributed by atoms with van der Waals surface area (Å²) in [5.74, 6) is -0.251. The normalized spacial score (nSPS) is 10.0. The molecule has 0 aromatic heterocycles. The molecule has 0 rings (SSSR count). The molecule has 0 fully saturated rings. The van der Waals surface area contributed by atoms with Gasteiger partial charge < -0.3 is 9.64 Å². The largest absolute Gasteiger partial charge is 0.466 e. The third-order valence-electron chi connectivity index (χ3n) is 2.12. The van der Waals surface area contributed by atoms with Crippen molar-refractivity contribution in [2.45, 2.75) is 46.1 Å². The maximum Gasteiger partial charge on any atom is 0.305 e. The fourth-order valence-electron chi connectivity index (χ4n) is 1.35. The Bertz CT molecular complexity index is 249. The van der Waals surface area contributed by atoms with Crippen LogP contribution in [0.2, 0.25) is 0 Å². The molecule has 0 saturated heterocycles. The molecule has 0 heterocycles. The molecule has 4 nitrogen and oxygen atoms in total. The smallest absolute Gasteiger partial charge is 0.305 e. The lowest BCUT2D eigenvalue weighted by molar-refractivity contribution is -0.143. The van der Waals surface area contributed by atoms with E-state index in [1.807, 2.05) is 13.8 Å². The maximum atomic E-state index is 11.7. The first-order chi connectivity index (χ1) is 7.52. The van der Waals surface area contributed by atoms with E-state index < -0.39 is 0 Å². The highest BCUT2D eigenvalue weighted by atomic mass is 16.5. The Morgan fingerprint density at radius 1 is 1.38 bits per heavy atom. The van der Waals surface area contributed by atoms with Crippen LogP contribution in [0.3, 0.4) is 0 Å². The number of nitrogens with zero attached hydrogens (tertiary/aromatic N) is 1. The van der Waals surface area contributed by atoms with E-state index in [4.69, 9.17) is 4.74 Å². The van der Waals surface area contributed by atoms with E-state index in [1.54, 1.807) is 11.8 Å². The highest BCUT2D eigenvalue weighted by Crippen LogP contribution is 2.06. The van der Waals surface area contributed by atoms with Crippen LogP contribution in [0.4, 0.5) is 0 Å². The number of rotatable bonds is 7. The van der Waals surface area contributed by atoms with Crippen LogP contribution in [0.25, 0.3) is 0 Å². The molecular formula is C12H21NO3. The van der Waals surface area contributed by atoms with Crippen molar-refractivity contribution < 1.29 is 14.3 Å². The van der Waals surface area contributed by atoms with Gasteiger partial charge in [-0.2, -0.15) is 0 Å². The van der Waals surface area contributed by atoms with Gasteiger partial charge in [0.05, 0.1) is 6.61 Å². The van der Waals surface area contributed by atoms with Crippen molar-refractivity contribution in [3.05, 3.63) is 12.8 Å². The van der Waals surface area contributed by atoms with Crippen LogP contribution in [0.5, 0.6) is 0 Å². The van der Waals surface area contributed by atoms with Crippen LogP contribution in [0.1, 0.15) is 40.0 Å². The van der Waals surface area contributed by atoms with Crippen molar-refractivity contribution >= 4 is 11.9 Å². The zero-order chi connectivity index (χ0) is 12.6. The van der Waals surface area contributed by atoms with E-state index in [0.717, 1.165) is 0 Å². The number of amides is 1. The van der Waals surface area contributed by atoms with Crippen molar-refractivity contribution in [1.29, 1.82) is 0 Å². The SMILES string of the molecule is C=CN(C(=O)CCCC(=O)OCC)C(C)C. The second-order valence-electron chi connectivity index (χ2n) is 3.74. The minimum absolute atomic E-state index is 0.00528. The minimum atomic E-state index is -0.245. The summed E-state index contributed by atoms with van der Waals surface area (Å²) in [6.07, 6.45) is 2.69. The summed E-state index contributed by atoms with van der Waals surface area (Å²) in [6, 6.07) is 0.104. The predicted molar refractivity (Wildman–Crippen MR) is 62.7 cm³/mol. The van der Waals surface area contributed by atoms with Gasteiger partial charge >= 0.3 is 5.97 Å². The number of esters is 1. The lowest BCUT2D eigenvalue weighted by Crippen LogP contribution is -2.31. The molecule has 0 atom stereocenters. The van der Waals surface area contributed by atoms with E-state index in [9.17, 15) is 9.59 Å². The van der Waals surface area contributed by atoms with Gasteiger partial charge in [-0.15, -0.1) is 0 Å². The number of ether oxygens (including phenoxy) is 1. The lowest BCUT2D eigenvalue weighted by atomic mass is 10.2. The highest BCUT2D eigenvalue weighted by molar-refractivity contribution is 5.78. The van der Waals surface area contributed by atoms with Gasteiger partial charge in [0.25, 0.3) is 0 Å². The van der Waals surface area contributed by atoms with Crippen LogP contribution in [0, 0.1) is 0 Å². The molecule has 0 aromatic rings. The Morgan fingerprint density at radius 3 is 2.44 bits per heavy atom. The molecule has 0 bridgehead atoms. The van der Waals surface area contributed by atoms with Gasteiger partial charge in [-0.05, 0) is 33.4 Å². The average Bonchev–Trinajstić information content (AvgIpc) is 2.18. The van der Waals surface area contributed by atoms with Crippen molar-refractivity contribution in [3.63, 3.8) is 0 Å². The summed E-state index contributed by atoms with van der Waals surface area (Å²) in [4.78, 5) is 24.3. The van der Waals surface area contributed by atoms with Gasteiger partial charge in [-0.25, -0.2) is 0 Å². The van der Waals surface area contributed by atoms with E-state index in [-0.39, 0.29) is 17.9 Å². The van der Waals surface area contributed by atoms with Crippen LogP contribution in [0.15, 0.2) is 12.8 Å². The fourth-order valence-corrected chi connectivity index (χ4v) is 1.35. The number of carbonyl (C=O) groups is 2. The summed E-state index contributed by atoms with van der Waals surface area (Å²) in [7, 11) is 0. The Labute approximate surface area is 97.3 Å². The summed E-state index contributed by atoms with van der Waals surface area (Å²) < 4.78 is 4.77. The third-order valence-corrected chi connectivity index (χ3v) is 2.12. The van der Waals surface area contributed by atoms with Crippen molar-refractivity contribution in [2.24, 2.45) is 0 Å². The van der Waals surface area contributed by atoms with Crippen molar-refractivity contribution in [2.75, 3.05) is 6.61 Å². The second-order valence-corrected chi connectivity index (χ2v) is 3.74. The number of hydrogen-bond acceptors (Lipinski definition) is 3. The quantitative estimate of drug-likeness (QED) is 0.626. The minimum Gasteiger partial charge on any atom is -0.466 e. The second kappa shape index (κ2) is 7.91. The van der Waals surface area contributed by atoms with Gasteiger partial charge in [0.2, 0.25) is 5.91 Å². The molecule has 16 heavy (non-hydrogen) atoms. The number of hydrogen-bond donors (Lipinski definition) is 0. The molecule has 0 N–H and O–H groups in total. The van der Waals surface area contributed by atoms with E-state index in [0.29, 0.717) is 25.9 Å². The molecule has 0 unspecified atom stereocenters. The zero-order valence-electron chi connectivity index (χ0n) is 10.4. The molecule has 0 aromatic carbocycles. The standard InChI is InChI=1S/C12H21NO3/c1-5-13(10(3)4)11(14)8-7-9-12(15)16-6-2/h5,10H,1,6-9H2,2-4H3. The molecule has 0 aliphatic carbocycles. The maximum absolute atomic E-state index is 11.7. The molecule has 0 spiro atoms. The first-order valence-electron chi connectivity index (χ1n) is 5.62. The van der Waals surface area contributed by atoms with Gasteiger partial charge in [0.1, 0.15) is 0 Å². The van der Waals surface area contributed by atoms with Crippen LogP contribution in [-0.2, 0) is 14.3 Å². The molecule has 0 aliphatic heterocycles. The van der Waals surface area contributed by atoms with E-state index in [1.165, 1.54) is 6.20 Å². The molecule has 0 radical (unpaired) electrons. The first kappa shape index (κ1) is 14.7. The van der Waals surface area contributed by atoms with Crippen LogP contribution < -0.4 is 0 Å². The van der Waals surface area contributed by atoms with Gasteiger partial charge in [0.15, 0.2) is 0 Å². The van der Waals surface area contributed by atoms with Gasteiger partial charge in [-0.1, -0.05) is 6.58 Å². The summed E-state index contributed by atoms with van der Waals surface area (Å²) in [6.45, 7) is 9.58. The van der Waals surface area contributed by atoms with Crippen molar-refractivity contribution in [1.82, 2.24) is 4.90 Å². The highest BCUT2D eigenvalue weighted by Gasteiger charge is 2.13. The monoisotopic (exact) mass is 227 g/mol. The summed E-state index contributed by atoms with van der Waals surface area (Å²) in [5.41, 5.74) is 0. The summed E-state index contributed by atoms with van der Waals surface area (Å²) >= 11 is 0. The van der Waals surface area contributed by atoms with Gasteiger partial charge in [-0.3, -0.25) is 9.59 Å². The Kier molecular flexibility index (Phi) is 7.25. The van der Waals surface area contributed by atoms with Crippen molar-refractivity contribution in [3.8, 4) is 0 Å². The first-order valence-corrected chi connectivity index (χ1v) is 5.62. The Balaban J connectivity index is 3.88. The molecule has 1 amide bonds. The molecular weight excluding hydrogens is 206 g/mol. The third kappa shape index (κ3) is 5.53. The number of carbonyl (C=O) groups excluding carboxylic acids is 2. The molecule has 0 aliphatic rings. The lowest BCUT2D eigenvalue weighted by Gasteiger charge is -2.22. The van der Waals surface area contributed by atoms with Crippen LogP contribution >= 0.6 is 0 Å². The summed E-state index contributed by atoms with van der Waals surface area (Å²) in [5, 5.41) is 0. The van der Waals surface area contributed by atoms with E-state index >= 15 is 0 Å². The Morgan fingerprint density at radius 2 is 2.00 bits per heavy atom. The fraction of sp³-hybridized carbons (Fsp3) is 0.667. The molecule has 0 saturated carbocycles. The predicted octanol–water partition coefficient (Wildman–Crippen LogP) is 2.10. The zero-order valence-corrected chi connectivity index (χ0v) is 10.4. The van der Waals surface area contributed by atoms with Gasteiger partial charge in [0, 0.05) is 18.9 Å². The Hall–Kier alpha value is -1.32. The topological polar surface area (TPSA) is 46.6 Å². The molecule has 4 heteroatoms. The molecule has 92 valence electrons. The van der Waals surface area contributed by atoms with E-state index in [2.05, 4.69) is 6.58 Å². The van der Waals surface area contributed by atoms with Crippen LogP contribution in [-0.4, -0.2) is 29.4 Å². The average molecular weight is 227 g/mol.